The Kier molecular flexibility index (Phi) is 7.97. The fourth-order valence-corrected chi connectivity index (χ4v) is 4.72. The molecule has 1 atom stereocenters. The minimum absolute atomic E-state index is 0.107. The lowest BCUT2D eigenvalue weighted by Gasteiger charge is -2.20. The molecule has 0 bridgehead atoms. The minimum Gasteiger partial charge on any atom is -0.496 e. The number of primary amides is 1. The first-order valence-electron chi connectivity index (χ1n) is 11.3. The summed E-state index contributed by atoms with van der Waals surface area (Å²) in [6.07, 6.45) is 5.63. The van der Waals surface area contributed by atoms with Crippen molar-refractivity contribution in [1.82, 2.24) is 4.90 Å². The number of nitrogens with zero attached hydrogens (tertiary/aromatic N) is 1. The van der Waals surface area contributed by atoms with Crippen molar-refractivity contribution in [2.45, 2.75) is 52.6 Å². The Morgan fingerprint density at radius 1 is 1.33 bits per heavy atom. The number of urea groups is 1. The number of fused-ring (bicyclic) bond motifs is 1. The normalized spacial score (nSPS) is 16.9. The number of carbonyl (C=O) groups is 3. The highest BCUT2D eigenvalue weighted by Crippen LogP contribution is 2.41. The van der Waals surface area contributed by atoms with Gasteiger partial charge in [-0.2, -0.15) is 0 Å². The number of hydrogen-bond acceptors (Lipinski definition) is 6. The summed E-state index contributed by atoms with van der Waals surface area (Å²) >= 11 is 0. The van der Waals surface area contributed by atoms with Crippen LogP contribution in [0.25, 0.3) is 0 Å². The van der Waals surface area contributed by atoms with Crippen molar-refractivity contribution in [2.75, 3.05) is 32.1 Å². The molecular formula is C24H33N3O6. The summed E-state index contributed by atoms with van der Waals surface area (Å²) in [5.41, 5.74) is 8.91. The SMILES string of the molecule is COc1c(C)c2c(c(NC(N)=O)c1C/C=C(\C)CC(CCN1CCCC1)C(=O)O)C(=O)OC2. The van der Waals surface area contributed by atoms with Crippen LogP contribution in [0, 0.1) is 12.8 Å². The van der Waals surface area contributed by atoms with Gasteiger partial charge in [-0.15, -0.1) is 0 Å². The Labute approximate surface area is 193 Å². The molecule has 2 heterocycles. The fraction of sp³-hybridized carbons (Fsp3) is 0.542. The van der Waals surface area contributed by atoms with Crippen LogP contribution in [0.5, 0.6) is 5.75 Å². The number of methoxy groups -OCH3 is 1. The summed E-state index contributed by atoms with van der Waals surface area (Å²) < 4.78 is 10.8. The van der Waals surface area contributed by atoms with E-state index in [0.717, 1.165) is 30.8 Å². The van der Waals surface area contributed by atoms with E-state index in [1.165, 1.54) is 20.0 Å². The summed E-state index contributed by atoms with van der Waals surface area (Å²) in [6, 6.07) is -0.794. The van der Waals surface area contributed by atoms with Crippen molar-refractivity contribution in [2.24, 2.45) is 11.7 Å². The summed E-state index contributed by atoms with van der Waals surface area (Å²) in [6.45, 7) is 6.71. The lowest BCUT2D eigenvalue weighted by Crippen LogP contribution is -2.25. The monoisotopic (exact) mass is 459 g/mol. The summed E-state index contributed by atoms with van der Waals surface area (Å²) in [4.78, 5) is 38.2. The number of carbonyl (C=O) groups excluding carboxylic acids is 2. The lowest BCUT2D eigenvalue weighted by atomic mass is 9.92. The number of hydrogen-bond donors (Lipinski definition) is 3. The second-order valence-electron chi connectivity index (χ2n) is 8.76. The topological polar surface area (TPSA) is 131 Å². The van der Waals surface area contributed by atoms with E-state index in [-0.39, 0.29) is 12.3 Å². The van der Waals surface area contributed by atoms with Gasteiger partial charge < -0.3 is 30.5 Å². The van der Waals surface area contributed by atoms with Crippen LogP contribution in [-0.2, 0) is 22.6 Å². The molecule has 180 valence electrons. The number of benzene rings is 1. The number of carboxylic acids is 1. The van der Waals surface area contributed by atoms with E-state index in [2.05, 4.69) is 10.2 Å². The number of nitrogens with two attached hydrogens (primary N) is 1. The third-order valence-electron chi connectivity index (χ3n) is 6.49. The van der Waals surface area contributed by atoms with Crippen LogP contribution in [0.4, 0.5) is 10.5 Å². The molecule has 4 N–H and O–H groups in total. The average Bonchev–Trinajstić information content (AvgIpc) is 3.41. The van der Waals surface area contributed by atoms with Gasteiger partial charge in [-0.25, -0.2) is 9.59 Å². The predicted octanol–water partition coefficient (Wildman–Crippen LogP) is 3.23. The highest BCUT2D eigenvalue weighted by atomic mass is 16.5. The smallest absolute Gasteiger partial charge is 0.341 e. The Balaban J connectivity index is 1.84. The number of ether oxygens (including phenoxy) is 2. The van der Waals surface area contributed by atoms with Gasteiger partial charge in [0.2, 0.25) is 0 Å². The van der Waals surface area contributed by atoms with Gasteiger partial charge in [0.05, 0.1) is 24.3 Å². The number of cyclic esters (lactones) is 1. The number of esters is 1. The van der Waals surface area contributed by atoms with Crippen molar-refractivity contribution in [3.63, 3.8) is 0 Å². The minimum atomic E-state index is -0.799. The molecule has 2 aliphatic heterocycles. The van der Waals surface area contributed by atoms with Gasteiger partial charge in [0, 0.05) is 11.1 Å². The van der Waals surface area contributed by atoms with Crippen LogP contribution in [-0.4, -0.2) is 54.7 Å². The standard InChI is InChI=1S/C24H33N3O6/c1-14(12-16(22(28)29)8-11-27-9-4-5-10-27)6-7-17-20(26-24(25)31)19-18(13-33-23(19)30)15(2)21(17)32-3/h6,16H,4-5,7-13H2,1-3H3,(H,28,29)(H3,25,26,31)/b14-6+. The van der Waals surface area contributed by atoms with E-state index in [1.54, 1.807) is 0 Å². The van der Waals surface area contributed by atoms with Gasteiger partial charge in [-0.3, -0.25) is 4.79 Å². The molecule has 0 spiro atoms. The summed E-state index contributed by atoms with van der Waals surface area (Å²) in [5.74, 6) is -1.24. The molecule has 3 rings (SSSR count). The van der Waals surface area contributed by atoms with Crippen LogP contribution >= 0.6 is 0 Å². The first kappa shape index (κ1) is 24.6. The van der Waals surface area contributed by atoms with E-state index in [1.807, 2.05) is 19.9 Å². The quantitative estimate of drug-likeness (QED) is 0.362. The van der Waals surface area contributed by atoms with E-state index in [9.17, 15) is 19.5 Å². The van der Waals surface area contributed by atoms with Gasteiger partial charge in [0.25, 0.3) is 0 Å². The molecule has 0 aromatic heterocycles. The van der Waals surface area contributed by atoms with Gasteiger partial charge in [0.15, 0.2) is 0 Å². The molecule has 1 unspecified atom stereocenters. The van der Waals surface area contributed by atoms with Crippen LogP contribution < -0.4 is 15.8 Å². The van der Waals surface area contributed by atoms with Crippen LogP contribution in [0.15, 0.2) is 11.6 Å². The van der Waals surface area contributed by atoms with Gasteiger partial charge in [-0.05, 0) is 71.1 Å². The number of likely N-dealkylation sites (tertiary alicyclic amines) is 1. The van der Waals surface area contributed by atoms with E-state index in [4.69, 9.17) is 15.2 Å². The zero-order chi connectivity index (χ0) is 24.1. The molecule has 2 amide bonds. The second kappa shape index (κ2) is 10.7. The van der Waals surface area contributed by atoms with Crippen LogP contribution in [0.1, 0.15) is 59.7 Å². The van der Waals surface area contributed by atoms with E-state index >= 15 is 0 Å². The Bertz CT molecular complexity index is 966. The zero-order valence-electron chi connectivity index (χ0n) is 19.5. The van der Waals surface area contributed by atoms with Gasteiger partial charge >= 0.3 is 18.0 Å². The molecule has 1 saturated heterocycles. The molecule has 33 heavy (non-hydrogen) atoms. The number of nitrogens with one attached hydrogen (secondary N) is 1. The molecule has 0 radical (unpaired) electrons. The molecule has 1 aromatic carbocycles. The third-order valence-corrected chi connectivity index (χ3v) is 6.49. The first-order valence-corrected chi connectivity index (χ1v) is 11.3. The Morgan fingerprint density at radius 2 is 2.03 bits per heavy atom. The first-order chi connectivity index (χ1) is 15.7. The highest BCUT2D eigenvalue weighted by Gasteiger charge is 2.32. The maximum Gasteiger partial charge on any atom is 0.341 e. The molecule has 0 saturated carbocycles. The van der Waals surface area contributed by atoms with Gasteiger partial charge in [-0.1, -0.05) is 11.6 Å². The predicted molar refractivity (Wildman–Crippen MR) is 124 cm³/mol. The molecule has 1 aromatic rings. The molecule has 1 fully saturated rings. The lowest BCUT2D eigenvalue weighted by molar-refractivity contribution is -0.142. The van der Waals surface area contributed by atoms with Crippen molar-refractivity contribution in [1.29, 1.82) is 0 Å². The summed E-state index contributed by atoms with van der Waals surface area (Å²) in [5, 5.41) is 12.3. The van der Waals surface area contributed by atoms with Crippen molar-refractivity contribution in [3.8, 4) is 5.75 Å². The molecule has 2 aliphatic rings. The van der Waals surface area contributed by atoms with Crippen LogP contribution in [0.3, 0.4) is 0 Å². The van der Waals surface area contributed by atoms with Crippen molar-refractivity contribution >= 4 is 23.7 Å². The molecule has 9 heteroatoms. The molecule has 0 aliphatic carbocycles. The number of carboxylic acid groups (broad SMARTS) is 1. The molecular weight excluding hydrogens is 426 g/mol. The Hall–Kier alpha value is -3.07. The number of rotatable bonds is 10. The van der Waals surface area contributed by atoms with Crippen LogP contribution in [0.2, 0.25) is 0 Å². The zero-order valence-corrected chi connectivity index (χ0v) is 19.5. The molecule has 9 nitrogen and oxygen atoms in total. The third kappa shape index (κ3) is 5.65. The average molecular weight is 460 g/mol. The largest absolute Gasteiger partial charge is 0.496 e. The van der Waals surface area contributed by atoms with E-state index < -0.39 is 23.9 Å². The number of aliphatic carboxylic acids is 1. The fourth-order valence-electron chi connectivity index (χ4n) is 4.72. The Morgan fingerprint density at radius 3 is 2.64 bits per heavy atom. The number of amides is 2. The maximum absolute atomic E-state index is 12.4. The van der Waals surface area contributed by atoms with Gasteiger partial charge in [0.1, 0.15) is 12.4 Å². The highest BCUT2D eigenvalue weighted by molar-refractivity contribution is 6.05. The number of anilines is 1. The second-order valence-corrected chi connectivity index (χ2v) is 8.76. The number of allylic oxidation sites excluding steroid dienone is 2. The maximum atomic E-state index is 12.4. The van der Waals surface area contributed by atoms with Crippen molar-refractivity contribution in [3.05, 3.63) is 33.9 Å². The van der Waals surface area contributed by atoms with E-state index in [0.29, 0.717) is 41.7 Å². The van der Waals surface area contributed by atoms with Crippen molar-refractivity contribution < 1.29 is 29.0 Å². The summed E-state index contributed by atoms with van der Waals surface area (Å²) in [7, 11) is 1.53.